The third-order valence-corrected chi connectivity index (χ3v) is 2.90. The molecule has 0 spiro atoms. The van der Waals surface area contributed by atoms with Crippen molar-refractivity contribution >= 4 is 5.69 Å². The number of alkyl halides is 3. The molecule has 5 heteroatoms. The van der Waals surface area contributed by atoms with Gasteiger partial charge in [0.25, 0.3) is 0 Å². The maximum Gasteiger partial charge on any atom is 0.417 e. The van der Waals surface area contributed by atoms with Crippen molar-refractivity contribution in [3.8, 4) is 6.07 Å². The normalized spacial score (nSPS) is 16.0. The average molecular weight is 240 g/mol. The van der Waals surface area contributed by atoms with E-state index >= 15 is 0 Å². The molecule has 0 bridgehead atoms. The molecule has 1 aromatic carbocycles. The highest BCUT2D eigenvalue weighted by Gasteiger charge is 2.33. The molecule has 2 nitrogen and oxygen atoms in total. The lowest BCUT2D eigenvalue weighted by molar-refractivity contribution is -0.137. The van der Waals surface area contributed by atoms with Gasteiger partial charge in [0.15, 0.2) is 0 Å². The molecule has 1 heterocycles. The molecule has 0 aromatic heterocycles. The summed E-state index contributed by atoms with van der Waals surface area (Å²) in [6.45, 7) is 1.69. The van der Waals surface area contributed by atoms with Crippen molar-refractivity contribution in [2.24, 2.45) is 0 Å². The second-order valence-electron chi connectivity index (χ2n) is 4.03. The van der Waals surface area contributed by atoms with Gasteiger partial charge in [-0.25, -0.2) is 0 Å². The van der Waals surface area contributed by atoms with E-state index in [4.69, 9.17) is 5.26 Å². The first kappa shape index (κ1) is 11.8. The summed E-state index contributed by atoms with van der Waals surface area (Å²) >= 11 is 0. The van der Waals surface area contributed by atoms with E-state index < -0.39 is 11.7 Å². The van der Waals surface area contributed by atoms with Crippen LogP contribution in [0.15, 0.2) is 18.2 Å². The minimum Gasteiger partial charge on any atom is -0.371 e. The summed E-state index contributed by atoms with van der Waals surface area (Å²) in [6.07, 6.45) is -2.37. The minimum absolute atomic E-state index is 0.304. The molecule has 90 valence electrons. The third kappa shape index (κ3) is 2.36. The van der Waals surface area contributed by atoms with E-state index in [2.05, 4.69) is 0 Å². The molecule has 1 fully saturated rings. The second kappa shape index (κ2) is 4.28. The lowest BCUT2D eigenvalue weighted by Gasteiger charge is -2.19. The van der Waals surface area contributed by atoms with Crippen molar-refractivity contribution in [1.82, 2.24) is 0 Å². The summed E-state index contributed by atoms with van der Waals surface area (Å²) in [7, 11) is 0. The average Bonchev–Trinajstić information content (AvgIpc) is 2.80. The van der Waals surface area contributed by atoms with Gasteiger partial charge in [0.05, 0.1) is 17.2 Å². The van der Waals surface area contributed by atoms with E-state index in [-0.39, 0.29) is 5.56 Å². The van der Waals surface area contributed by atoms with Crippen LogP contribution in [0.5, 0.6) is 0 Å². The molecule has 1 aliphatic heterocycles. The Bertz CT molecular complexity index is 454. The van der Waals surface area contributed by atoms with Gasteiger partial charge in [-0.05, 0) is 31.0 Å². The maximum absolute atomic E-state index is 12.6. The molecule has 1 saturated heterocycles. The molecule has 0 amide bonds. The van der Waals surface area contributed by atoms with E-state index in [9.17, 15) is 13.2 Å². The molecular formula is C12H11F3N2. The fraction of sp³-hybridized carbons (Fsp3) is 0.417. The fourth-order valence-electron chi connectivity index (χ4n) is 2.04. The number of nitrogens with zero attached hydrogens (tertiary/aromatic N) is 2. The van der Waals surface area contributed by atoms with Crippen LogP contribution >= 0.6 is 0 Å². The first-order chi connectivity index (χ1) is 8.02. The number of halogens is 3. The number of hydrogen-bond donors (Lipinski definition) is 0. The molecule has 0 atom stereocenters. The van der Waals surface area contributed by atoms with Crippen molar-refractivity contribution in [3.63, 3.8) is 0 Å². The zero-order valence-electron chi connectivity index (χ0n) is 9.09. The Labute approximate surface area is 97.3 Å². The van der Waals surface area contributed by atoms with E-state index in [1.54, 1.807) is 6.07 Å². The van der Waals surface area contributed by atoms with Crippen LogP contribution in [0.3, 0.4) is 0 Å². The number of benzene rings is 1. The topological polar surface area (TPSA) is 27.0 Å². The highest BCUT2D eigenvalue weighted by molar-refractivity contribution is 5.55. The van der Waals surface area contributed by atoms with Gasteiger partial charge >= 0.3 is 6.18 Å². The van der Waals surface area contributed by atoms with Crippen molar-refractivity contribution < 1.29 is 13.2 Å². The SMILES string of the molecule is N#Cc1cc(N2CCCC2)ccc1C(F)(F)F. The van der Waals surface area contributed by atoms with Gasteiger partial charge in [0.1, 0.15) is 0 Å². The lowest BCUT2D eigenvalue weighted by atomic mass is 10.1. The van der Waals surface area contributed by atoms with Gasteiger partial charge in [0.2, 0.25) is 0 Å². The van der Waals surface area contributed by atoms with Crippen molar-refractivity contribution in [1.29, 1.82) is 5.26 Å². The number of anilines is 1. The van der Waals surface area contributed by atoms with Crippen LogP contribution in [0.4, 0.5) is 18.9 Å². The van der Waals surface area contributed by atoms with Crippen LogP contribution in [0.25, 0.3) is 0 Å². The second-order valence-corrected chi connectivity index (χ2v) is 4.03. The summed E-state index contributed by atoms with van der Waals surface area (Å²) in [5.41, 5.74) is -0.461. The predicted octanol–water partition coefficient (Wildman–Crippen LogP) is 3.18. The molecule has 0 saturated carbocycles. The Hall–Kier alpha value is -1.70. The van der Waals surface area contributed by atoms with Crippen molar-refractivity contribution in [3.05, 3.63) is 29.3 Å². The Morgan fingerprint density at radius 2 is 1.82 bits per heavy atom. The van der Waals surface area contributed by atoms with Gasteiger partial charge in [-0.15, -0.1) is 0 Å². The summed E-state index contributed by atoms with van der Waals surface area (Å²) < 4.78 is 37.7. The van der Waals surface area contributed by atoms with Crippen LogP contribution in [0.1, 0.15) is 24.0 Å². The molecule has 1 aliphatic rings. The molecule has 1 aromatic rings. The molecule has 0 radical (unpaired) electrons. The Balaban J connectivity index is 2.38. The number of hydrogen-bond acceptors (Lipinski definition) is 2. The van der Waals surface area contributed by atoms with E-state index in [1.807, 2.05) is 4.90 Å². The molecular weight excluding hydrogens is 229 g/mol. The predicted molar refractivity (Wildman–Crippen MR) is 57.6 cm³/mol. The molecule has 2 rings (SSSR count). The first-order valence-corrected chi connectivity index (χ1v) is 5.38. The maximum atomic E-state index is 12.6. The molecule has 0 unspecified atom stereocenters. The number of nitriles is 1. The molecule has 17 heavy (non-hydrogen) atoms. The quantitative estimate of drug-likeness (QED) is 0.753. The zero-order chi connectivity index (χ0) is 12.5. The Kier molecular flexibility index (Phi) is 2.97. The summed E-state index contributed by atoms with van der Waals surface area (Å²) in [6, 6.07) is 5.38. The highest BCUT2D eigenvalue weighted by atomic mass is 19.4. The monoisotopic (exact) mass is 240 g/mol. The van der Waals surface area contributed by atoms with Crippen molar-refractivity contribution in [2.75, 3.05) is 18.0 Å². The minimum atomic E-state index is -4.46. The zero-order valence-corrected chi connectivity index (χ0v) is 9.09. The van der Waals surface area contributed by atoms with Crippen LogP contribution in [-0.4, -0.2) is 13.1 Å². The standard InChI is InChI=1S/C12H11F3N2/c13-12(14,15)11-4-3-10(7-9(11)8-16)17-5-1-2-6-17/h3-4,7H,1-2,5-6H2. The third-order valence-electron chi connectivity index (χ3n) is 2.90. The molecule has 0 aliphatic carbocycles. The van der Waals surface area contributed by atoms with Crippen LogP contribution < -0.4 is 4.90 Å². The van der Waals surface area contributed by atoms with Crippen LogP contribution in [0, 0.1) is 11.3 Å². The number of rotatable bonds is 1. The van der Waals surface area contributed by atoms with Gasteiger partial charge in [0, 0.05) is 18.8 Å². The lowest BCUT2D eigenvalue weighted by Crippen LogP contribution is -2.18. The van der Waals surface area contributed by atoms with Gasteiger partial charge in [-0.3, -0.25) is 0 Å². The van der Waals surface area contributed by atoms with E-state index in [0.717, 1.165) is 32.0 Å². The largest absolute Gasteiger partial charge is 0.417 e. The van der Waals surface area contributed by atoms with E-state index in [1.165, 1.54) is 12.1 Å². The summed E-state index contributed by atoms with van der Waals surface area (Å²) in [5.74, 6) is 0. The van der Waals surface area contributed by atoms with Crippen LogP contribution in [0.2, 0.25) is 0 Å². The van der Waals surface area contributed by atoms with Gasteiger partial charge in [-0.1, -0.05) is 0 Å². The van der Waals surface area contributed by atoms with Crippen LogP contribution in [-0.2, 0) is 6.18 Å². The summed E-state index contributed by atoms with van der Waals surface area (Å²) in [5, 5.41) is 8.78. The van der Waals surface area contributed by atoms with Gasteiger partial charge in [-0.2, -0.15) is 18.4 Å². The van der Waals surface area contributed by atoms with Crippen molar-refractivity contribution in [2.45, 2.75) is 19.0 Å². The van der Waals surface area contributed by atoms with E-state index in [0.29, 0.717) is 5.69 Å². The smallest absolute Gasteiger partial charge is 0.371 e. The Morgan fingerprint density at radius 1 is 1.18 bits per heavy atom. The Morgan fingerprint density at radius 3 is 2.35 bits per heavy atom. The molecule has 0 N–H and O–H groups in total. The van der Waals surface area contributed by atoms with Gasteiger partial charge < -0.3 is 4.90 Å². The summed E-state index contributed by atoms with van der Waals surface area (Å²) in [4.78, 5) is 2.00. The first-order valence-electron chi connectivity index (χ1n) is 5.38. The fourth-order valence-corrected chi connectivity index (χ4v) is 2.04. The highest BCUT2D eigenvalue weighted by Crippen LogP contribution is 2.34.